The SMILES string of the molecule is OC[C@@H](NC1CCCc2occc21)c1ccccc1. The van der Waals surface area contributed by atoms with Gasteiger partial charge in [-0.25, -0.2) is 0 Å². The smallest absolute Gasteiger partial charge is 0.108 e. The molecule has 1 heterocycles. The molecule has 3 heteroatoms. The maximum absolute atomic E-state index is 9.62. The van der Waals surface area contributed by atoms with Gasteiger partial charge in [0.2, 0.25) is 0 Å². The Labute approximate surface area is 113 Å². The van der Waals surface area contributed by atoms with Gasteiger partial charge < -0.3 is 14.8 Å². The summed E-state index contributed by atoms with van der Waals surface area (Å²) in [6.45, 7) is 0.105. The van der Waals surface area contributed by atoms with Crippen molar-refractivity contribution < 1.29 is 9.52 Å². The Bertz CT molecular complexity index is 521. The van der Waals surface area contributed by atoms with Crippen molar-refractivity contribution in [2.75, 3.05) is 6.61 Å². The van der Waals surface area contributed by atoms with Crippen LogP contribution in [0.15, 0.2) is 47.1 Å². The number of benzene rings is 1. The lowest BCUT2D eigenvalue weighted by Gasteiger charge is -2.27. The quantitative estimate of drug-likeness (QED) is 0.885. The van der Waals surface area contributed by atoms with Gasteiger partial charge in [-0.3, -0.25) is 0 Å². The molecule has 0 spiro atoms. The van der Waals surface area contributed by atoms with Crippen LogP contribution >= 0.6 is 0 Å². The first kappa shape index (κ1) is 12.5. The Hall–Kier alpha value is -1.58. The molecule has 0 bridgehead atoms. The normalized spacial score (nSPS) is 19.9. The molecule has 1 aromatic heterocycles. The number of aliphatic hydroxyl groups is 1. The van der Waals surface area contributed by atoms with Crippen molar-refractivity contribution in [2.24, 2.45) is 0 Å². The largest absolute Gasteiger partial charge is 0.469 e. The fourth-order valence-electron chi connectivity index (χ4n) is 2.84. The van der Waals surface area contributed by atoms with Gasteiger partial charge in [-0.2, -0.15) is 0 Å². The Morgan fingerprint density at radius 3 is 2.89 bits per heavy atom. The zero-order valence-corrected chi connectivity index (χ0v) is 10.9. The number of aliphatic hydroxyl groups excluding tert-OH is 1. The second kappa shape index (κ2) is 5.59. The number of aryl methyl sites for hydroxylation is 1. The summed E-state index contributed by atoms with van der Waals surface area (Å²) in [6, 6.07) is 12.4. The third-order valence-corrected chi connectivity index (χ3v) is 3.84. The van der Waals surface area contributed by atoms with E-state index >= 15 is 0 Å². The molecule has 2 atom stereocenters. The van der Waals surface area contributed by atoms with E-state index in [0.29, 0.717) is 0 Å². The van der Waals surface area contributed by atoms with Crippen LogP contribution in [0.4, 0.5) is 0 Å². The topological polar surface area (TPSA) is 45.4 Å². The Kier molecular flexibility index (Phi) is 3.67. The molecule has 100 valence electrons. The van der Waals surface area contributed by atoms with E-state index in [1.54, 1.807) is 6.26 Å². The van der Waals surface area contributed by atoms with Crippen LogP contribution in [0.2, 0.25) is 0 Å². The van der Waals surface area contributed by atoms with Crippen molar-refractivity contribution in [3.63, 3.8) is 0 Å². The zero-order chi connectivity index (χ0) is 13.1. The van der Waals surface area contributed by atoms with E-state index < -0.39 is 0 Å². The first-order valence-corrected chi connectivity index (χ1v) is 6.86. The van der Waals surface area contributed by atoms with Crippen molar-refractivity contribution in [3.05, 3.63) is 59.5 Å². The first-order chi connectivity index (χ1) is 9.38. The molecule has 0 radical (unpaired) electrons. The van der Waals surface area contributed by atoms with Crippen molar-refractivity contribution in [3.8, 4) is 0 Å². The minimum atomic E-state index is -0.0213. The van der Waals surface area contributed by atoms with Gasteiger partial charge in [-0.15, -0.1) is 0 Å². The number of hydrogen-bond donors (Lipinski definition) is 2. The average molecular weight is 257 g/mol. The van der Waals surface area contributed by atoms with Crippen LogP contribution in [-0.2, 0) is 6.42 Å². The fraction of sp³-hybridized carbons (Fsp3) is 0.375. The van der Waals surface area contributed by atoms with Crippen molar-refractivity contribution in [2.45, 2.75) is 31.3 Å². The molecule has 0 fully saturated rings. The minimum absolute atomic E-state index is 0.0213. The zero-order valence-electron chi connectivity index (χ0n) is 10.9. The van der Waals surface area contributed by atoms with E-state index in [0.717, 1.165) is 30.6 Å². The molecule has 3 nitrogen and oxygen atoms in total. The number of fused-ring (bicyclic) bond motifs is 1. The van der Waals surface area contributed by atoms with Gasteiger partial charge in [0.15, 0.2) is 0 Å². The molecular formula is C16H19NO2. The number of furan rings is 1. The number of rotatable bonds is 4. The Balaban J connectivity index is 1.78. The first-order valence-electron chi connectivity index (χ1n) is 6.86. The van der Waals surface area contributed by atoms with Crippen LogP contribution in [0.1, 0.15) is 41.8 Å². The summed E-state index contributed by atoms with van der Waals surface area (Å²) < 4.78 is 5.50. The van der Waals surface area contributed by atoms with Crippen LogP contribution in [0, 0.1) is 0 Å². The van der Waals surface area contributed by atoms with Crippen LogP contribution < -0.4 is 5.32 Å². The van der Waals surface area contributed by atoms with Crippen LogP contribution in [0.3, 0.4) is 0 Å². The third kappa shape index (κ3) is 2.57. The summed E-state index contributed by atoms with van der Waals surface area (Å²) >= 11 is 0. The maximum Gasteiger partial charge on any atom is 0.108 e. The van der Waals surface area contributed by atoms with Gasteiger partial charge in [-0.1, -0.05) is 30.3 Å². The molecule has 2 N–H and O–H groups in total. The van der Waals surface area contributed by atoms with Gasteiger partial charge in [0.05, 0.1) is 18.9 Å². The van der Waals surface area contributed by atoms with E-state index in [4.69, 9.17) is 4.42 Å². The lowest BCUT2D eigenvalue weighted by molar-refractivity contribution is 0.227. The maximum atomic E-state index is 9.62. The van der Waals surface area contributed by atoms with Gasteiger partial charge in [0, 0.05) is 18.0 Å². The fourth-order valence-corrected chi connectivity index (χ4v) is 2.84. The van der Waals surface area contributed by atoms with Gasteiger partial charge in [0.1, 0.15) is 5.76 Å². The average Bonchev–Trinajstić information content (AvgIpc) is 2.95. The highest BCUT2D eigenvalue weighted by Gasteiger charge is 2.25. The standard InChI is InChI=1S/C16H19NO2/c18-11-15(12-5-2-1-3-6-12)17-14-7-4-8-16-13(14)9-10-19-16/h1-3,5-6,9-10,14-15,17-18H,4,7-8,11H2/t14?,15-/m1/s1. The van der Waals surface area contributed by atoms with Crippen molar-refractivity contribution >= 4 is 0 Å². The lowest BCUT2D eigenvalue weighted by atomic mass is 9.92. The molecule has 1 unspecified atom stereocenters. The summed E-state index contributed by atoms with van der Waals surface area (Å²) in [6.07, 6.45) is 5.01. The Morgan fingerprint density at radius 2 is 2.11 bits per heavy atom. The molecule has 1 aliphatic rings. The molecule has 2 aromatic rings. The monoisotopic (exact) mass is 257 g/mol. The number of hydrogen-bond acceptors (Lipinski definition) is 3. The summed E-state index contributed by atoms with van der Waals surface area (Å²) in [7, 11) is 0. The summed E-state index contributed by atoms with van der Waals surface area (Å²) in [5.74, 6) is 1.09. The molecule has 3 rings (SSSR count). The highest BCUT2D eigenvalue weighted by Crippen LogP contribution is 2.32. The van der Waals surface area contributed by atoms with Crippen molar-refractivity contribution in [1.29, 1.82) is 0 Å². The van der Waals surface area contributed by atoms with Crippen molar-refractivity contribution in [1.82, 2.24) is 5.32 Å². The summed E-state index contributed by atoms with van der Waals surface area (Å²) in [4.78, 5) is 0. The van der Waals surface area contributed by atoms with Crippen LogP contribution in [0.25, 0.3) is 0 Å². The predicted molar refractivity (Wildman–Crippen MR) is 73.8 cm³/mol. The molecule has 0 saturated carbocycles. The molecule has 1 aromatic carbocycles. The molecule has 0 amide bonds. The van der Waals surface area contributed by atoms with Crippen LogP contribution in [-0.4, -0.2) is 11.7 Å². The van der Waals surface area contributed by atoms with Crippen LogP contribution in [0.5, 0.6) is 0 Å². The van der Waals surface area contributed by atoms with Gasteiger partial charge >= 0.3 is 0 Å². The molecule has 0 saturated heterocycles. The molecular weight excluding hydrogens is 238 g/mol. The second-order valence-corrected chi connectivity index (χ2v) is 5.06. The van der Waals surface area contributed by atoms with E-state index in [1.807, 2.05) is 36.4 Å². The molecule has 19 heavy (non-hydrogen) atoms. The third-order valence-electron chi connectivity index (χ3n) is 3.84. The predicted octanol–water partition coefficient (Wildman–Crippen LogP) is 2.98. The summed E-state index contributed by atoms with van der Waals surface area (Å²) in [5, 5.41) is 13.2. The Morgan fingerprint density at radius 1 is 1.26 bits per heavy atom. The lowest BCUT2D eigenvalue weighted by Crippen LogP contribution is -2.30. The summed E-state index contributed by atoms with van der Waals surface area (Å²) in [5.41, 5.74) is 2.38. The second-order valence-electron chi connectivity index (χ2n) is 5.06. The molecule has 1 aliphatic carbocycles. The van der Waals surface area contributed by atoms with E-state index in [-0.39, 0.29) is 18.7 Å². The van der Waals surface area contributed by atoms with E-state index in [9.17, 15) is 5.11 Å². The number of nitrogens with one attached hydrogen (secondary N) is 1. The van der Waals surface area contributed by atoms with E-state index in [1.165, 1.54) is 5.56 Å². The highest BCUT2D eigenvalue weighted by molar-refractivity contribution is 5.26. The van der Waals surface area contributed by atoms with E-state index in [2.05, 4.69) is 5.32 Å². The molecule has 0 aliphatic heterocycles. The van der Waals surface area contributed by atoms with Gasteiger partial charge in [0.25, 0.3) is 0 Å². The van der Waals surface area contributed by atoms with Gasteiger partial charge in [-0.05, 0) is 24.5 Å². The minimum Gasteiger partial charge on any atom is -0.469 e. The highest BCUT2D eigenvalue weighted by atomic mass is 16.3.